The fourth-order valence-electron chi connectivity index (χ4n) is 3.27. The molecule has 0 spiro atoms. The van der Waals surface area contributed by atoms with Gasteiger partial charge in [-0.3, -0.25) is 19.5 Å². The van der Waals surface area contributed by atoms with Crippen molar-refractivity contribution in [3.8, 4) is 5.69 Å². The Balaban J connectivity index is 1.96. The molecule has 0 aliphatic rings. The first-order valence-corrected chi connectivity index (χ1v) is 11.2. The van der Waals surface area contributed by atoms with Crippen molar-refractivity contribution >= 4 is 21.7 Å². The number of carbonyl (C=O) groups is 2. The molecule has 0 saturated heterocycles. The van der Waals surface area contributed by atoms with Gasteiger partial charge in [0.2, 0.25) is 0 Å². The molecule has 0 aliphatic carbocycles. The third-order valence-corrected chi connectivity index (χ3v) is 5.86. The summed E-state index contributed by atoms with van der Waals surface area (Å²) in [5.74, 6) is -1.79. The van der Waals surface area contributed by atoms with E-state index in [0.29, 0.717) is 5.56 Å². The average molecular weight is 443 g/mol. The van der Waals surface area contributed by atoms with Crippen molar-refractivity contribution in [2.45, 2.75) is 24.3 Å². The molecule has 1 heterocycles. The molecule has 3 N–H and O–H groups in total. The van der Waals surface area contributed by atoms with Gasteiger partial charge in [-0.25, -0.2) is 13.1 Å². The fourth-order valence-corrected chi connectivity index (χ4v) is 4.14. The van der Waals surface area contributed by atoms with Gasteiger partial charge in [0.25, 0.3) is 11.5 Å². The van der Waals surface area contributed by atoms with Gasteiger partial charge in [0, 0.05) is 12.3 Å². The molecule has 31 heavy (non-hydrogen) atoms. The first kappa shape index (κ1) is 22.0. The van der Waals surface area contributed by atoms with E-state index in [9.17, 15) is 27.9 Å². The molecule has 9 nitrogen and oxygen atoms in total. The first-order chi connectivity index (χ1) is 14.6. The Morgan fingerprint density at radius 1 is 1.13 bits per heavy atom. The number of carbonyl (C=O) groups excluding carboxylic acids is 1. The molecular weight excluding hydrogens is 422 g/mol. The normalized spacial score (nSPS) is 12.3. The van der Waals surface area contributed by atoms with E-state index in [1.165, 1.54) is 18.2 Å². The van der Waals surface area contributed by atoms with E-state index in [4.69, 9.17) is 0 Å². The van der Waals surface area contributed by atoms with Gasteiger partial charge >= 0.3 is 5.97 Å². The topological polar surface area (TPSA) is 138 Å². The van der Waals surface area contributed by atoms with Crippen LogP contribution in [0.4, 0.5) is 0 Å². The maximum atomic E-state index is 12.8. The maximum absolute atomic E-state index is 12.8. The Morgan fingerprint density at radius 3 is 2.42 bits per heavy atom. The molecule has 1 amide bonds. The van der Waals surface area contributed by atoms with E-state index in [-0.39, 0.29) is 22.7 Å². The number of hydrogen-bond acceptors (Lipinski definition) is 5. The van der Waals surface area contributed by atoms with Crippen LogP contribution in [0.25, 0.3) is 5.69 Å². The van der Waals surface area contributed by atoms with Crippen molar-refractivity contribution in [3.05, 3.63) is 81.8 Å². The highest BCUT2D eigenvalue weighted by Crippen LogP contribution is 2.22. The zero-order chi connectivity index (χ0) is 22.8. The minimum absolute atomic E-state index is 0.0745. The molecule has 1 atom stereocenters. The Morgan fingerprint density at radius 2 is 1.77 bits per heavy atom. The molecule has 2 aromatic carbocycles. The molecule has 3 rings (SSSR count). The molecule has 162 valence electrons. The van der Waals surface area contributed by atoms with E-state index >= 15 is 0 Å². The number of nitrogens with zero attached hydrogens (tertiary/aromatic N) is 1. The van der Waals surface area contributed by atoms with Gasteiger partial charge in [-0.1, -0.05) is 36.4 Å². The number of para-hydroxylation sites is 1. The number of carboxylic acids is 1. The van der Waals surface area contributed by atoms with Crippen molar-refractivity contribution in [3.63, 3.8) is 0 Å². The number of aromatic amines is 1. The molecule has 10 heteroatoms. The van der Waals surface area contributed by atoms with Gasteiger partial charge in [-0.15, -0.1) is 0 Å². The lowest BCUT2D eigenvalue weighted by atomic mass is 9.98. The first-order valence-electron chi connectivity index (χ1n) is 9.27. The number of carboxylic acid groups (broad SMARTS) is 1. The lowest BCUT2D eigenvalue weighted by Crippen LogP contribution is -2.31. The number of aryl methyl sites for hydroxylation is 1. The van der Waals surface area contributed by atoms with E-state index in [0.717, 1.165) is 22.6 Å². The van der Waals surface area contributed by atoms with Crippen LogP contribution in [0.1, 0.15) is 34.1 Å². The van der Waals surface area contributed by atoms with Gasteiger partial charge in [-0.05, 0) is 30.2 Å². The highest BCUT2D eigenvalue weighted by Gasteiger charge is 2.23. The van der Waals surface area contributed by atoms with Crippen LogP contribution in [0, 0.1) is 6.92 Å². The summed E-state index contributed by atoms with van der Waals surface area (Å²) >= 11 is 0. The molecule has 1 aromatic heterocycles. The number of rotatable bonds is 7. The highest BCUT2D eigenvalue weighted by molar-refractivity contribution is 7.90. The molecule has 0 fully saturated rings. The molecular formula is C21H21N3O6S. The summed E-state index contributed by atoms with van der Waals surface area (Å²) in [6, 6.07) is 13.2. The average Bonchev–Trinajstić information content (AvgIpc) is 3.08. The van der Waals surface area contributed by atoms with Crippen LogP contribution < -0.4 is 10.9 Å². The van der Waals surface area contributed by atoms with Gasteiger partial charge < -0.3 is 10.4 Å². The Labute approximate surface area is 178 Å². The van der Waals surface area contributed by atoms with Crippen LogP contribution in [0.2, 0.25) is 0 Å². The van der Waals surface area contributed by atoms with Crippen LogP contribution in [0.15, 0.2) is 64.3 Å². The number of amides is 1. The van der Waals surface area contributed by atoms with E-state index in [1.807, 2.05) is 0 Å². The number of nitrogens with one attached hydrogen (secondary N) is 2. The van der Waals surface area contributed by atoms with Crippen LogP contribution >= 0.6 is 0 Å². The molecule has 0 aliphatic heterocycles. The maximum Gasteiger partial charge on any atom is 0.305 e. The fraction of sp³-hybridized carbons (Fsp3) is 0.190. The van der Waals surface area contributed by atoms with E-state index in [1.54, 1.807) is 37.3 Å². The quantitative estimate of drug-likeness (QED) is 0.509. The van der Waals surface area contributed by atoms with Crippen LogP contribution in [-0.2, 0) is 14.6 Å². The number of aliphatic carboxylic acids is 1. The number of benzene rings is 2. The van der Waals surface area contributed by atoms with Gasteiger partial charge in [-0.2, -0.15) is 0 Å². The Kier molecular flexibility index (Phi) is 6.11. The van der Waals surface area contributed by atoms with Crippen molar-refractivity contribution < 1.29 is 23.1 Å². The van der Waals surface area contributed by atoms with Crippen LogP contribution in [-0.4, -0.2) is 41.4 Å². The highest BCUT2D eigenvalue weighted by atomic mass is 32.2. The van der Waals surface area contributed by atoms with Crippen LogP contribution in [0.5, 0.6) is 0 Å². The zero-order valence-corrected chi connectivity index (χ0v) is 17.6. The SMILES string of the molecule is Cc1ccccc1C(CC(=O)O)NC(=O)c1cc(=O)n(-c2ccccc2S(C)(=O)=O)[nH]1. The molecule has 1 unspecified atom stereocenters. The summed E-state index contributed by atoms with van der Waals surface area (Å²) < 4.78 is 25.1. The summed E-state index contributed by atoms with van der Waals surface area (Å²) in [5.41, 5.74) is 0.767. The Hall–Kier alpha value is -3.66. The third-order valence-electron chi connectivity index (χ3n) is 4.72. The van der Waals surface area contributed by atoms with E-state index < -0.39 is 33.3 Å². The second-order valence-electron chi connectivity index (χ2n) is 7.06. The third kappa shape index (κ3) is 4.92. The zero-order valence-electron chi connectivity index (χ0n) is 16.8. The smallest absolute Gasteiger partial charge is 0.305 e. The molecule has 0 saturated carbocycles. The number of sulfone groups is 1. The second kappa shape index (κ2) is 8.60. The lowest BCUT2D eigenvalue weighted by molar-refractivity contribution is -0.137. The van der Waals surface area contributed by atoms with Gasteiger partial charge in [0.05, 0.1) is 23.0 Å². The molecule has 3 aromatic rings. The summed E-state index contributed by atoms with van der Waals surface area (Å²) in [6.45, 7) is 1.80. The minimum atomic E-state index is -3.63. The van der Waals surface area contributed by atoms with Gasteiger partial charge in [0.1, 0.15) is 5.69 Å². The number of H-pyrrole nitrogens is 1. The Bertz CT molecular complexity index is 1310. The summed E-state index contributed by atoms with van der Waals surface area (Å²) in [5, 5.41) is 14.5. The predicted octanol–water partition coefficient (Wildman–Crippen LogP) is 1.82. The largest absolute Gasteiger partial charge is 0.481 e. The summed E-state index contributed by atoms with van der Waals surface area (Å²) in [4.78, 5) is 36.5. The van der Waals surface area contributed by atoms with Gasteiger partial charge in [0.15, 0.2) is 9.84 Å². The van der Waals surface area contributed by atoms with Crippen molar-refractivity contribution in [2.24, 2.45) is 0 Å². The van der Waals surface area contributed by atoms with Crippen molar-refractivity contribution in [1.29, 1.82) is 0 Å². The van der Waals surface area contributed by atoms with Crippen molar-refractivity contribution in [1.82, 2.24) is 15.1 Å². The standard InChI is InChI=1S/C21H21N3O6S/c1-13-7-3-4-8-14(13)15(12-20(26)27)22-21(28)16-11-19(25)24(23-16)17-9-5-6-10-18(17)31(2,29)30/h3-11,15,23H,12H2,1-2H3,(H,22,28)(H,26,27). The van der Waals surface area contributed by atoms with Crippen LogP contribution in [0.3, 0.4) is 0 Å². The second-order valence-corrected chi connectivity index (χ2v) is 9.05. The van der Waals surface area contributed by atoms with Crippen molar-refractivity contribution in [2.75, 3.05) is 6.26 Å². The summed E-state index contributed by atoms with van der Waals surface area (Å²) in [7, 11) is -3.63. The number of hydrogen-bond donors (Lipinski definition) is 3. The molecule has 0 radical (unpaired) electrons. The number of aromatic nitrogens is 2. The monoisotopic (exact) mass is 443 g/mol. The summed E-state index contributed by atoms with van der Waals surface area (Å²) in [6.07, 6.45) is 0.671. The molecule has 0 bridgehead atoms. The van der Waals surface area contributed by atoms with E-state index in [2.05, 4.69) is 10.4 Å². The predicted molar refractivity (Wildman–Crippen MR) is 113 cm³/mol. The minimum Gasteiger partial charge on any atom is -0.481 e. The lowest BCUT2D eigenvalue weighted by Gasteiger charge is -2.19.